The van der Waals surface area contributed by atoms with Crippen LogP contribution in [-0.4, -0.2) is 30.2 Å². The van der Waals surface area contributed by atoms with Crippen LogP contribution in [0.5, 0.6) is 11.5 Å². The first-order valence-electron chi connectivity index (χ1n) is 9.19. The lowest BCUT2D eigenvalue weighted by Crippen LogP contribution is -2.18. The molecule has 0 spiro atoms. The number of hydrazone groups is 1. The van der Waals surface area contributed by atoms with Crippen molar-refractivity contribution >= 4 is 23.7 Å². The molecule has 0 atom stereocenters. The SMILES string of the molecule is COc1cc(/C=N\NC(=O)c2ccc(NC(=O)Cc3ccccc3)cc2)ccc1O. The molecule has 0 saturated carbocycles. The van der Waals surface area contributed by atoms with E-state index in [9.17, 15) is 14.7 Å². The van der Waals surface area contributed by atoms with Crippen molar-refractivity contribution < 1.29 is 19.4 Å². The van der Waals surface area contributed by atoms with Gasteiger partial charge in [-0.1, -0.05) is 30.3 Å². The van der Waals surface area contributed by atoms with E-state index in [-0.39, 0.29) is 24.0 Å². The van der Waals surface area contributed by atoms with Crippen LogP contribution in [0, 0.1) is 0 Å². The maximum absolute atomic E-state index is 12.2. The second-order valence-corrected chi connectivity index (χ2v) is 6.42. The van der Waals surface area contributed by atoms with Crippen LogP contribution < -0.4 is 15.5 Å². The Balaban J connectivity index is 1.54. The molecule has 0 heterocycles. The van der Waals surface area contributed by atoms with E-state index in [1.54, 1.807) is 36.4 Å². The van der Waals surface area contributed by atoms with Gasteiger partial charge in [-0.3, -0.25) is 9.59 Å². The summed E-state index contributed by atoms with van der Waals surface area (Å²) in [6.45, 7) is 0. The molecule has 0 aromatic heterocycles. The Morgan fingerprint density at radius 1 is 1.03 bits per heavy atom. The summed E-state index contributed by atoms with van der Waals surface area (Å²) in [5, 5.41) is 16.3. The average Bonchev–Trinajstić information content (AvgIpc) is 2.76. The summed E-state index contributed by atoms with van der Waals surface area (Å²) in [7, 11) is 1.45. The van der Waals surface area contributed by atoms with Gasteiger partial charge in [0.2, 0.25) is 5.91 Å². The average molecular weight is 403 g/mol. The first-order valence-corrected chi connectivity index (χ1v) is 9.19. The van der Waals surface area contributed by atoms with Gasteiger partial charge in [-0.2, -0.15) is 5.10 Å². The summed E-state index contributed by atoms with van der Waals surface area (Å²) in [6, 6.07) is 20.7. The molecule has 0 aliphatic heterocycles. The Hall–Kier alpha value is -4.13. The van der Waals surface area contributed by atoms with Gasteiger partial charge >= 0.3 is 0 Å². The Kier molecular flexibility index (Phi) is 6.78. The standard InChI is InChI=1S/C23H21N3O4/c1-30-21-13-17(7-12-20(21)27)15-24-26-23(29)18-8-10-19(11-9-18)25-22(28)14-16-5-3-2-4-6-16/h2-13,15,27H,14H2,1H3,(H,25,28)(H,26,29)/b24-15-. The number of hydrogen-bond acceptors (Lipinski definition) is 5. The zero-order valence-electron chi connectivity index (χ0n) is 16.3. The highest BCUT2D eigenvalue weighted by Gasteiger charge is 2.07. The van der Waals surface area contributed by atoms with Gasteiger partial charge in [-0.05, 0) is 53.6 Å². The number of ether oxygens (including phenoxy) is 1. The van der Waals surface area contributed by atoms with Crippen molar-refractivity contribution in [1.82, 2.24) is 5.43 Å². The molecule has 0 saturated heterocycles. The Morgan fingerprint density at radius 2 is 1.77 bits per heavy atom. The summed E-state index contributed by atoms with van der Waals surface area (Å²) < 4.78 is 5.03. The molecule has 30 heavy (non-hydrogen) atoms. The van der Waals surface area contributed by atoms with Gasteiger partial charge in [0.1, 0.15) is 0 Å². The molecule has 7 nitrogen and oxygen atoms in total. The van der Waals surface area contributed by atoms with Crippen LogP contribution in [0.1, 0.15) is 21.5 Å². The van der Waals surface area contributed by atoms with E-state index < -0.39 is 0 Å². The molecular weight excluding hydrogens is 382 g/mol. The maximum Gasteiger partial charge on any atom is 0.271 e. The number of nitrogens with zero attached hydrogens (tertiary/aromatic N) is 1. The van der Waals surface area contributed by atoms with Gasteiger partial charge in [-0.25, -0.2) is 5.43 Å². The van der Waals surface area contributed by atoms with Crippen LogP contribution in [-0.2, 0) is 11.2 Å². The first kappa shape index (κ1) is 20.6. The van der Waals surface area contributed by atoms with E-state index in [4.69, 9.17) is 4.74 Å². The molecule has 2 amide bonds. The maximum atomic E-state index is 12.2. The highest BCUT2D eigenvalue weighted by atomic mass is 16.5. The second-order valence-electron chi connectivity index (χ2n) is 6.42. The van der Waals surface area contributed by atoms with Crippen molar-refractivity contribution in [2.45, 2.75) is 6.42 Å². The number of phenolic OH excluding ortho intramolecular Hbond substituents is 1. The van der Waals surface area contributed by atoms with Crippen LogP contribution in [0.2, 0.25) is 0 Å². The van der Waals surface area contributed by atoms with Crippen LogP contribution in [0.25, 0.3) is 0 Å². The zero-order chi connectivity index (χ0) is 21.3. The molecular formula is C23H21N3O4. The molecule has 0 unspecified atom stereocenters. The normalized spacial score (nSPS) is 10.6. The minimum atomic E-state index is -0.390. The molecule has 0 radical (unpaired) electrons. The number of aromatic hydroxyl groups is 1. The third kappa shape index (κ3) is 5.68. The number of carbonyl (C=O) groups excluding carboxylic acids is 2. The second kappa shape index (κ2) is 9.88. The van der Waals surface area contributed by atoms with Crippen molar-refractivity contribution in [1.29, 1.82) is 0 Å². The van der Waals surface area contributed by atoms with Gasteiger partial charge in [-0.15, -0.1) is 0 Å². The van der Waals surface area contributed by atoms with Gasteiger partial charge in [0.25, 0.3) is 5.91 Å². The number of carbonyl (C=O) groups is 2. The summed E-state index contributed by atoms with van der Waals surface area (Å²) >= 11 is 0. The van der Waals surface area contributed by atoms with Crippen molar-refractivity contribution in [3.05, 3.63) is 89.5 Å². The van der Waals surface area contributed by atoms with E-state index in [0.717, 1.165) is 5.56 Å². The molecule has 7 heteroatoms. The van der Waals surface area contributed by atoms with Crippen LogP contribution in [0.4, 0.5) is 5.69 Å². The molecule has 3 rings (SSSR count). The number of phenols is 1. The van der Waals surface area contributed by atoms with Crippen LogP contribution >= 0.6 is 0 Å². The first-order chi connectivity index (χ1) is 14.5. The number of nitrogens with one attached hydrogen (secondary N) is 2. The smallest absolute Gasteiger partial charge is 0.271 e. The monoisotopic (exact) mass is 403 g/mol. The third-order valence-electron chi connectivity index (χ3n) is 4.22. The predicted molar refractivity (Wildman–Crippen MR) is 115 cm³/mol. The molecule has 0 aliphatic carbocycles. The van der Waals surface area contributed by atoms with Crippen molar-refractivity contribution in [2.24, 2.45) is 5.10 Å². The number of anilines is 1. The lowest BCUT2D eigenvalue weighted by Gasteiger charge is -2.06. The molecule has 3 aromatic carbocycles. The predicted octanol–water partition coefficient (Wildman–Crippen LogP) is 3.35. The number of amides is 2. The van der Waals surface area contributed by atoms with Crippen molar-refractivity contribution in [3.63, 3.8) is 0 Å². The molecule has 0 aliphatic rings. The highest BCUT2D eigenvalue weighted by molar-refractivity contribution is 5.96. The Morgan fingerprint density at radius 3 is 2.47 bits per heavy atom. The fourth-order valence-corrected chi connectivity index (χ4v) is 2.70. The van der Waals surface area contributed by atoms with Gasteiger partial charge in [0, 0.05) is 11.3 Å². The summed E-state index contributed by atoms with van der Waals surface area (Å²) in [5.74, 6) is -0.184. The quantitative estimate of drug-likeness (QED) is 0.416. The topological polar surface area (TPSA) is 100 Å². The third-order valence-corrected chi connectivity index (χ3v) is 4.22. The number of hydrogen-bond donors (Lipinski definition) is 3. The largest absolute Gasteiger partial charge is 0.504 e. The molecule has 0 bridgehead atoms. The molecule has 152 valence electrons. The Bertz CT molecular complexity index is 1050. The summed E-state index contributed by atoms with van der Waals surface area (Å²) in [5.41, 5.74) is 5.02. The van der Waals surface area contributed by atoms with E-state index in [1.807, 2.05) is 30.3 Å². The number of rotatable bonds is 7. The molecule has 0 fully saturated rings. The molecule has 3 N–H and O–H groups in total. The van der Waals surface area contributed by atoms with Crippen molar-refractivity contribution in [3.8, 4) is 11.5 Å². The van der Waals surface area contributed by atoms with E-state index in [1.165, 1.54) is 19.4 Å². The summed E-state index contributed by atoms with van der Waals surface area (Å²) in [6.07, 6.45) is 1.72. The molecule has 3 aromatic rings. The van der Waals surface area contributed by atoms with Crippen LogP contribution in [0.15, 0.2) is 77.9 Å². The van der Waals surface area contributed by atoms with Gasteiger partial charge < -0.3 is 15.2 Å². The zero-order valence-corrected chi connectivity index (χ0v) is 16.3. The summed E-state index contributed by atoms with van der Waals surface area (Å²) in [4.78, 5) is 24.3. The highest BCUT2D eigenvalue weighted by Crippen LogP contribution is 2.25. The Labute approximate surface area is 174 Å². The lowest BCUT2D eigenvalue weighted by molar-refractivity contribution is -0.115. The van der Waals surface area contributed by atoms with E-state index in [2.05, 4.69) is 15.8 Å². The minimum Gasteiger partial charge on any atom is -0.504 e. The lowest BCUT2D eigenvalue weighted by atomic mass is 10.1. The minimum absolute atomic E-state index is 0.0228. The van der Waals surface area contributed by atoms with E-state index in [0.29, 0.717) is 22.6 Å². The van der Waals surface area contributed by atoms with E-state index >= 15 is 0 Å². The fourth-order valence-electron chi connectivity index (χ4n) is 2.70. The van der Waals surface area contributed by atoms with Gasteiger partial charge in [0.15, 0.2) is 11.5 Å². The van der Waals surface area contributed by atoms with Crippen molar-refractivity contribution in [2.75, 3.05) is 12.4 Å². The number of benzene rings is 3. The van der Waals surface area contributed by atoms with Gasteiger partial charge in [0.05, 0.1) is 19.7 Å². The van der Waals surface area contributed by atoms with Crippen LogP contribution in [0.3, 0.4) is 0 Å². The fraction of sp³-hybridized carbons (Fsp3) is 0.0870. The number of methoxy groups -OCH3 is 1.